The fourth-order valence-corrected chi connectivity index (χ4v) is 2.93. The van der Waals surface area contributed by atoms with E-state index in [0.29, 0.717) is 19.8 Å². The summed E-state index contributed by atoms with van der Waals surface area (Å²) >= 11 is 1.54. The number of nitrogens with zero attached hydrogens (tertiary/aromatic N) is 3. The van der Waals surface area contributed by atoms with Crippen molar-refractivity contribution in [3.05, 3.63) is 11.4 Å². The maximum absolute atomic E-state index is 9.42. The summed E-state index contributed by atoms with van der Waals surface area (Å²) in [6.07, 6.45) is 0. The number of hydrogen-bond acceptors (Lipinski definition) is 7. The van der Waals surface area contributed by atoms with Crippen molar-refractivity contribution >= 4 is 33.3 Å². The molecule has 1 aliphatic heterocycles. The summed E-state index contributed by atoms with van der Waals surface area (Å²) in [4.78, 5) is 11.5. The summed E-state index contributed by atoms with van der Waals surface area (Å²) in [5, 5.41) is 12.4. The standard InChI is InChI=1S/C11H14N4O2S/c12-11-13-9(8-1-4-18-10(8)14-11)15-2-3-17-6-7(15)5-16/h1,4,7,16H,2-3,5-6H2,(H2,12,13,14). The molecule has 0 radical (unpaired) electrons. The Balaban J connectivity index is 2.08. The number of morpholine rings is 1. The Hall–Kier alpha value is -1.44. The van der Waals surface area contributed by atoms with Gasteiger partial charge in [0.1, 0.15) is 10.6 Å². The van der Waals surface area contributed by atoms with Crippen molar-refractivity contribution in [2.24, 2.45) is 0 Å². The fraction of sp³-hybridized carbons (Fsp3) is 0.455. The molecular weight excluding hydrogens is 252 g/mol. The molecule has 1 saturated heterocycles. The van der Waals surface area contributed by atoms with Crippen LogP contribution in [0.4, 0.5) is 11.8 Å². The van der Waals surface area contributed by atoms with E-state index in [0.717, 1.165) is 16.0 Å². The number of nitrogen functional groups attached to an aromatic ring is 1. The summed E-state index contributed by atoms with van der Waals surface area (Å²) < 4.78 is 5.37. The molecular formula is C11H14N4O2S. The van der Waals surface area contributed by atoms with Crippen LogP contribution in [-0.4, -0.2) is 47.5 Å². The first-order valence-electron chi connectivity index (χ1n) is 5.75. The van der Waals surface area contributed by atoms with Gasteiger partial charge >= 0.3 is 0 Å². The number of nitrogens with two attached hydrogens (primary N) is 1. The highest BCUT2D eigenvalue weighted by molar-refractivity contribution is 7.16. The van der Waals surface area contributed by atoms with Gasteiger partial charge in [-0.2, -0.15) is 4.98 Å². The number of aliphatic hydroxyl groups is 1. The van der Waals surface area contributed by atoms with E-state index in [-0.39, 0.29) is 18.6 Å². The lowest BCUT2D eigenvalue weighted by atomic mass is 10.2. The van der Waals surface area contributed by atoms with Gasteiger partial charge in [-0.1, -0.05) is 0 Å². The molecule has 1 fully saturated rings. The second kappa shape index (κ2) is 4.68. The summed E-state index contributed by atoms with van der Waals surface area (Å²) in [7, 11) is 0. The Labute approximate surface area is 108 Å². The van der Waals surface area contributed by atoms with Crippen molar-refractivity contribution < 1.29 is 9.84 Å². The van der Waals surface area contributed by atoms with Crippen LogP contribution in [0.3, 0.4) is 0 Å². The van der Waals surface area contributed by atoms with Gasteiger partial charge in [0.15, 0.2) is 0 Å². The molecule has 0 bridgehead atoms. The minimum atomic E-state index is -0.0730. The first-order chi connectivity index (χ1) is 8.79. The maximum Gasteiger partial charge on any atom is 0.223 e. The fourth-order valence-electron chi connectivity index (χ4n) is 2.16. The molecule has 1 atom stereocenters. The van der Waals surface area contributed by atoms with E-state index >= 15 is 0 Å². The number of ether oxygens (including phenoxy) is 1. The molecule has 6 nitrogen and oxygen atoms in total. The van der Waals surface area contributed by atoms with Gasteiger partial charge in [0.25, 0.3) is 0 Å². The first-order valence-corrected chi connectivity index (χ1v) is 6.63. The van der Waals surface area contributed by atoms with Gasteiger partial charge in [0.05, 0.1) is 31.2 Å². The lowest BCUT2D eigenvalue weighted by Crippen LogP contribution is -2.48. The van der Waals surface area contributed by atoms with Gasteiger partial charge in [-0.3, -0.25) is 0 Å². The van der Waals surface area contributed by atoms with Gasteiger partial charge < -0.3 is 20.5 Å². The van der Waals surface area contributed by atoms with Gasteiger partial charge in [-0.15, -0.1) is 11.3 Å². The lowest BCUT2D eigenvalue weighted by molar-refractivity contribution is 0.0724. The molecule has 2 aromatic heterocycles. The summed E-state index contributed by atoms with van der Waals surface area (Å²) in [6.45, 7) is 1.88. The van der Waals surface area contributed by atoms with Crippen molar-refractivity contribution in [2.75, 3.05) is 37.0 Å². The van der Waals surface area contributed by atoms with E-state index in [1.165, 1.54) is 11.3 Å². The minimum Gasteiger partial charge on any atom is -0.394 e. The van der Waals surface area contributed by atoms with E-state index in [1.807, 2.05) is 11.4 Å². The number of fused-ring (bicyclic) bond motifs is 1. The van der Waals surface area contributed by atoms with E-state index < -0.39 is 0 Å². The minimum absolute atomic E-state index is 0.0372. The van der Waals surface area contributed by atoms with Crippen molar-refractivity contribution in [3.63, 3.8) is 0 Å². The summed E-state index contributed by atoms with van der Waals surface area (Å²) in [6, 6.07) is 1.91. The highest BCUT2D eigenvalue weighted by atomic mass is 32.1. The zero-order valence-electron chi connectivity index (χ0n) is 9.74. The largest absolute Gasteiger partial charge is 0.394 e. The van der Waals surface area contributed by atoms with E-state index in [1.54, 1.807) is 0 Å². The van der Waals surface area contributed by atoms with Crippen LogP contribution >= 0.6 is 11.3 Å². The summed E-state index contributed by atoms with van der Waals surface area (Å²) in [5.74, 6) is 1.06. The third-order valence-electron chi connectivity index (χ3n) is 3.03. The Morgan fingerprint density at radius 3 is 3.28 bits per heavy atom. The van der Waals surface area contributed by atoms with Gasteiger partial charge in [-0.25, -0.2) is 4.98 Å². The number of aliphatic hydroxyl groups excluding tert-OH is 1. The molecule has 3 rings (SSSR count). The zero-order valence-corrected chi connectivity index (χ0v) is 10.6. The van der Waals surface area contributed by atoms with Crippen LogP contribution in [0.25, 0.3) is 10.2 Å². The number of hydrogen-bond donors (Lipinski definition) is 2. The van der Waals surface area contributed by atoms with Gasteiger partial charge in [-0.05, 0) is 11.4 Å². The van der Waals surface area contributed by atoms with Crippen molar-refractivity contribution in [1.29, 1.82) is 0 Å². The Kier molecular flexibility index (Phi) is 3.02. The van der Waals surface area contributed by atoms with E-state index in [2.05, 4.69) is 14.9 Å². The Morgan fingerprint density at radius 1 is 1.56 bits per heavy atom. The number of aromatic nitrogens is 2. The molecule has 3 heterocycles. The quantitative estimate of drug-likeness (QED) is 0.822. The molecule has 0 saturated carbocycles. The molecule has 3 N–H and O–H groups in total. The molecule has 0 aromatic carbocycles. The van der Waals surface area contributed by atoms with Crippen LogP contribution in [0.2, 0.25) is 0 Å². The average molecular weight is 266 g/mol. The second-order valence-corrected chi connectivity index (χ2v) is 5.04. The van der Waals surface area contributed by atoms with Crippen LogP contribution in [0.15, 0.2) is 11.4 Å². The van der Waals surface area contributed by atoms with E-state index in [9.17, 15) is 5.11 Å². The average Bonchev–Trinajstić information content (AvgIpc) is 2.85. The molecule has 0 spiro atoms. The van der Waals surface area contributed by atoms with Crippen LogP contribution < -0.4 is 10.6 Å². The van der Waals surface area contributed by atoms with Crippen LogP contribution in [0, 0.1) is 0 Å². The van der Waals surface area contributed by atoms with Gasteiger partial charge in [0.2, 0.25) is 5.95 Å². The van der Waals surface area contributed by atoms with Crippen molar-refractivity contribution in [3.8, 4) is 0 Å². The number of thiophene rings is 1. The SMILES string of the molecule is Nc1nc(N2CCOCC2CO)c2ccsc2n1. The smallest absolute Gasteiger partial charge is 0.223 e. The molecule has 96 valence electrons. The van der Waals surface area contributed by atoms with Crippen molar-refractivity contribution in [2.45, 2.75) is 6.04 Å². The molecule has 1 aliphatic rings. The monoisotopic (exact) mass is 266 g/mol. The van der Waals surface area contributed by atoms with Crippen LogP contribution in [0.5, 0.6) is 0 Å². The van der Waals surface area contributed by atoms with E-state index in [4.69, 9.17) is 10.5 Å². The first kappa shape index (κ1) is 11.6. The second-order valence-electron chi connectivity index (χ2n) is 4.15. The molecule has 7 heteroatoms. The molecule has 1 unspecified atom stereocenters. The highest BCUT2D eigenvalue weighted by Crippen LogP contribution is 2.30. The molecule has 2 aromatic rings. The maximum atomic E-state index is 9.42. The Bertz CT molecular complexity index is 559. The predicted molar refractivity (Wildman–Crippen MR) is 70.9 cm³/mol. The third kappa shape index (κ3) is 1.90. The lowest BCUT2D eigenvalue weighted by Gasteiger charge is -2.35. The van der Waals surface area contributed by atoms with Crippen molar-refractivity contribution in [1.82, 2.24) is 9.97 Å². The zero-order chi connectivity index (χ0) is 12.5. The summed E-state index contributed by atoms with van der Waals surface area (Å²) in [5.41, 5.74) is 5.74. The normalized spacial score (nSPS) is 20.5. The predicted octanol–water partition coefficient (Wildman–Crippen LogP) is 0.471. The van der Waals surface area contributed by atoms with Gasteiger partial charge in [0, 0.05) is 6.54 Å². The molecule has 0 amide bonds. The highest BCUT2D eigenvalue weighted by Gasteiger charge is 2.25. The van der Waals surface area contributed by atoms with Crippen LogP contribution in [-0.2, 0) is 4.74 Å². The Morgan fingerprint density at radius 2 is 2.44 bits per heavy atom. The molecule has 0 aliphatic carbocycles. The topological polar surface area (TPSA) is 84.5 Å². The van der Waals surface area contributed by atoms with Crippen LogP contribution in [0.1, 0.15) is 0 Å². The number of rotatable bonds is 2. The molecule has 18 heavy (non-hydrogen) atoms. The third-order valence-corrected chi connectivity index (χ3v) is 3.84. The number of anilines is 2.